The van der Waals surface area contributed by atoms with Crippen molar-refractivity contribution in [3.63, 3.8) is 0 Å². The number of nitrogens with zero attached hydrogens (tertiary/aromatic N) is 3. The normalized spacial score (nSPS) is 13.4. The summed E-state index contributed by atoms with van der Waals surface area (Å²) >= 11 is 0. The van der Waals surface area contributed by atoms with E-state index < -0.39 is 4.92 Å². The lowest BCUT2D eigenvalue weighted by Gasteiger charge is -2.19. The molecule has 0 spiro atoms. The summed E-state index contributed by atoms with van der Waals surface area (Å²) < 4.78 is 5.59. The van der Waals surface area contributed by atoms with E-state index in [-0.39, 0.29) is 11.2 Å². The molecular formula is C14H9N3O3. The average Bonchev–Trinajstić information content (AvgIpc) is 2.47. The minimum atomic E-state index is -0.437. The van der Waals surface area contributed by atoms with Gasteiger partial charge >= 0.3 is 5.69 Å². The Morgan fingerprint density at radius 3 is 2.80 bits per heavy atom. The van der Waals surface area contributed by atoms with Crippen LogP contribution in [0.5, 0.6) is 5.75 Å². The number of hydrogen-bond acceptors (Lipinski definition) is 5. The second kappa shape index (κ2) is 3.86. The molecule has 0 amide bonds. The maximum atomic E-state index is 11.4. The summed E-state index contributed by atoms with van der Waals surface area (Å²) in [4.78, 5) is 19.4. The molecule has 0 saturated carbocycles. The van der Waals surface area contributed by atoms with Crippen LogP contribution in [-0.2, 0) is 6.42 Å². The molecular weight excluding hydrogens is 258 g/mol. The molecule has 4 rings (SSSR count). The highest BCUT2D eigenvalue weighted by molar-refractivity contribution is 6.13. The minimum absolute atomic E-state index is 0.0900. The topological polar surface area (TPSA) is 78.2 Å². The lowest BCUT2D eigenvalue weighted by molar-refractivity contribution is -0.384. The number of benzene rings is 2. The van der Waals surface area contributed by atoms with E-state index in [1.54, 1.807) is 6.20 Å². The van der Waals surface area contributed by atoms with Crippen molar-refractivity contribution in [2.24, 2.45) is 0 Å². The molecule has 0 N–H and O–H groups in total. The Balaban J connectivity index is 2.34. The lowest BCUT2D eigenvalue weighted by Crippen LogP contribution is -2.11. The molecule has 2 aromatic carbocycles. The molecule has 1 aliphatic heterocycles. The Bertz CT molecular complexity index is 876. The number of fused-ring (bicyclic) bond motifs is 2. The summed E-state index contributed by atoms with van der Waals surface area (Å²) in [6.45, 7) is 0.443. The zero-order valence-electron chi connectivity index (χ0n) is 10.4. The summed E-state index contributed by atoms with van der Waals surface area (Å²) in [6, 6.07) is 5.81. The van der Waals surface area contributed by atoms with Crippen molar-refractivity contribution >= 4 is 27.5 Å². The van der Waals surface area contributed by atoms with Gasteiger partial charge in [-0.1, -0.05) is 18.2 Å². The van der Waals surface area contributed by atoms with Gasteiger partial charge in [-0.05, 0) is 5.56 Å². The van der Waals surface area contributed by atoms with Gasteiger partial charge in [-0.3, -0.25) is 15.1 Å². The number of rotatable bonds is 1. The van der Waals surface area contributed by atoms with E-state index in [2.05, 4.69) is 9.97 Å². The van der Waals surface area contributed by atoms with Gasteiger partial charge in [-0.15, -0.1) is 0 Å². The molecule has 0 unspecified atom stereocenters. The van der Waals surface area contributed by atoms with Crippen molar-refractivity contribution in [3.8, 4) is 5.75 Å². The molecule has 0 saturated heterocycles. The van der Waals surface area contributed by atoms with Crippen molar-refractivity contribution in [1.82, 2.24) is 9.97 Å². The second-order valence-corrected chi connectivity index (χ2v) is 4.63. The average molecular weight is 267 g/mol. The molecule has 0 fully saturated rings. The summed E-state index contributed by atoms with van der Waals surface area (Å²) in [5.41, 5.74) is 1.79. The SMILES string of the molecule is O=[N+]([O-])c1c2c3c(cccc3c3nccnc13)CCO2. The van der Waals surface area contributed by atoms with Gasteiger partial charge in [-0.2, -0.15) is 0 Å². The smallest absolute Gasteiger partial charge is 0.339 e. The van der Waals surface area contributed by atoms with Crippen molar-refractivity contribution in [2.45, 2.75) is 6.42 Å². The molecule has 2 heterocycles. The van der Waals surface area contributed by atoms with Crippen molar-refractivity contribution in [3.05, 3.63) is 46.3 Å². The molecule has 0 atom stereocenters. The van der Waals surface area contributed by atoms with Crippen LogP contribution in [0.25, 0.3) is 21.8 Å². The Hall–Kier alpha value is -2.76. The monoisotopic (exact) mass is 267 g/mol. The van der Waals surface area contributed by atoms with Gasteiger partial charge in [0.05, 0.1) is 11.5 Å². The maximum Gasteiger partial charge on any atom is 0.339 e. The maximum absolute atomic E-state index is 11.4. The number of ether oxygens (including phenoxy) is 1. The van der Waals surface area contributed by atoms with Crippen LogP contribution in [0.4, 0.5) is 5.69 Å². The zero-order chi connectivity index (χ0) is 13.7. The molecule has 6 nitrogen and oxygen atoms in total. The molecule has 1 aromatic heterocycles. The van der Waals surface area contributed by atoms with Gasteiger partial charge in [0.15, 0.2) is 5.52 Å². The van der Waals surface area contributed by atoms with Gasteiger partial charge < -0.3 is 4.74 Å². The van der Waals surface area contributed by atoms with Crippen LogP contribution in [0.15, 0.2) is 30.6 Å². The van der Waals surface area contributed by atoms with Crippen LogP contribution in [0.2, 0.25) is 0 Å². The van der Waals surface area contributed by atoms with Crippen LogP contribution < -0.4 is 4.74 Å². The molecule has 0 radical (unpaired) electrons. The number of hydrogen-bond donors (Lipinski definition) is 0. The van der Waals surface area contributed by atoms with Crippen molar-refractivity contribution < 1.29 is 9.66 Å². The molecule has 20 heavy (non-hydrogen) atoms. The molecule has 0 aliphatic carbocycles. The molecule has 98 valence electrons. The number of aromatic nitrogens is 2. The summed E-state index contributed by atoms with van der Waals surface area (Å²) in [5, 5.41) is 13.1. The van der Waals surface area contributed by atoms with E-state index >= 15 is 0 Å². The highest BCUT2D eigenvalue weighted by atomic mass is 16.6. The Kier molecular flexibility index (Phi) is 2.14. The lowest BCUT2D eigenvalue weighted by atomic mass is 9.97. The largest absolute Gasteiger partial charge is 0.486 e. The van der Waals surface area contributed by atoms with Gasteiger partial charge in [0.25, 0.3) is 0 Å². The standard InChI is InChI=1S/C14H9N3O3/c18-17(19)13-12-11(15-5-6-16-12)9-3-1-2-8-4-7-20-14(13)10(8)9/h1-3,5-6H,4,7H2. The van der Waals surface area contributed by atoms with E-state index in [1.807, 2.05) is 18.2 Å². The third-order valence-electron chi connectivity index (χ3n) is 3.57. The van der Waals surface area contributed by atoms with Gasteiger partial charge in [0.2, 0.25) is 5.75 Å². The zero-order valence-corrected chi connectivity index (χ0v) is 10.4. The quantitative estimate of drug-likeness (QED) is 0.384. The Morgan fingerprint density at radius 1 is 1.20 bits per heavy atom. The van der Waals surface area contributed by atoms with Crippen LogP contribution in [0, 0.1) is 10.1 Å². The van der Waals surface area contributed by atoms with E-state index in [9.17, 15) is 10.1 Å². The van der Waals surface area contributed by atoms with Crippen LogP contribution in [0.3, 0.4) is 0 Å². The first-order valence-corrected chi connectivity index (χ1v) is 6.23. The third kappa shape index (κ3) is 1.33. The summed E-state index contributed by atoms with van der Waals surface area (Å²) in [7, 11) is 0. The molecule has 0 bridgehead atoms. The highest BCUT2D eigenvalue weighted by Gasteiger charge is 2.29. The van der Waals surface area contributed by atoms with Gasteiger partial charge in [0.1, 0.15) is 5.52 Å². The third-order valence-corrected chi connectivity index (χ3v) is 3.57. The van der Waals surface area contributed by atoms with Crippen molar-refractivity contribution in [2.75, 3.05) is 6.61 Å². The first-order chi connectivity index (χ1) is 9.77. The second-order valence-electron chi connectivity index (χ2n) is 4.63. The van der Waals surface area contributed by atoms with E-state index in [0.29, 0.717) is 17.9 Å². The van der Waals surface area contributed by atoms with Gasteiger partial charge in [0, 0.05) is 29.6 Å². The van der Waals surface area contributed by atoms with E-state index in [4.69, 9.17) is 4.74 Å². The molecule has 1 aliphatic rings. The predicted octanol–water partition coefficient (Wildman–Crippen LogP) is 2.63. The minimum Gasteiger partial charge on any atom is -0.486 e. The first-order valence-electron chi connectivity index (χ1n) is 6.23. The number of nitro benzene ring substituents is 1. The fourth-order valence-corrected chi connectivity index (χ4v) is 2.78. The van der Waals surface area contributed by atoms with Gasteiger partial charge in [-0.25, -0.2) is 4.98 Å². The Labute approximate surface area is 113 Å². The predicted molar refractivity (Wildman–Crippen MR) is 72.9 cm³/mol. The van der Waals surface area contributed by atoms with E-state index in [1.165, 1.54) is 6.20 Å². The van der Waals surface area contributed by atoms with E-state index in [0.717, 1.165) is 22.8 Å². The van der Waals surface area contributed by atoms with Crippen LogP contribution in [0.1, 0.15) is 5.56 Å². The Morgan fingerprint density at radius 2 is 2.00 bits per heavy atom. The molecule has 6 heteroatoms. The number of nitro groups is 1. The fraction of sp³-hybridized carbons (Fsp3) is 0.143. The van der Waals surface area contributed by atoms with Crippen LogP contribution >= 0.6 is 0 Å². The van der Waals surface area contributed by atoms with Crippen LogP contribution in [-0.4, -0.2) is 21.5 Å². The molecule has 3 aromatic rings. The highest BCUT2D eigenvalue weighted by Crippen LogP contribution is 2.44. The summed E-state index contributed by atoms with van der Waals surface area (Å²) in [5.74, 6) is 0.319. The fourth-order valence-electron chi connectivity index (χ4n) is 2.78. The first kappa shape index (κ1) is 11.1. The summed E-state index contributed by atoms with van der Waals surface area (Å²) in [6.07, 6.45) is 3.75. The van der Waals surface area contributed by atoms with Crippen molar-refractivity contribution in [1.29, 1.82) is 0 Å².